The van der Waals surface area contributed by atoms with Crippen molar-refractivity contribution in [1.29, 1.82) is 0 Å². The highest BCUT2D eigenvalue weighted by molar-refractivity contribution is 5.81. The fraction of sp³-hybridized carbons (Fsp3) is 0.111. The molecule has 0 unspecified atom stereocenters. The topological polar surface area (TPSA) is 25.2 Å². The van der Waals surface area contributed by atoms with E-state index in [-0.39, 0.29) is 0 Å². The van der Waals surface area contributed by atoms with Crippen molar-refractivity contribution < 1.29 is 0 Å². The first-order chi connectivity index (χ1) is 5.34. The van der Waals surface area contributed by atoms with E-state index in [0.717, 1.165) is 5.56 Å². The Morgan fingerprint density at radius 1 is 1.64 bits per heavy atom. The minimum atomic E-state index is 1.03. The van der Waals surface area contributed by atoms with E-state index in [1.807, 2.05) is 13.0 Å². The maximum absolute atomic E-state index is 3.97. The minimum Gasteiger partial charge on any atom is -0.265 e. The van der Waals surface area contributed by atoms with Crippen LogP contribution in [0, 0.1) is 6.92 Å². The molecule has 1 rings (SSSR count). The molecular weight excluding hydrogens is 136 g/mol. The third-order valence-corrected chi connectivity index (χ3v) is 1.40. The number of aryl methyl sites for hydroxylation is 1. The van der Waals surface area contributed by atoms with Crippen molar-refractivity contribution in [3.63, 3.8) is 0 Å². The molecule has 2 nitrogen and oxygen atoms in total. The maximum Gasteiger partial charge on any atom is 0.0358 e. The molecule has 0 saturated carbocycles. The lowest BCUT2D eigenvalue weighted by molar-refractivity contribution is 1.27. The number of rotatable bonds is 2. The quantitative estimate of drug-likeness (QED) is 0.585. The van der Waals surface area contributed by atoms with Gasteiger partial charge in [0.05, 0.1) is 0 Å². The van der Waals surface area contributed by atoms with E-state index in [4.69, 9.17) is 0 Å². The van der Waals surface area contributed by atoms with Crippen LogP contribution in [0.25, 0.3) is 0 Å². The first-order valence-electron chi connectivity index (χ1n) is 3.39. The smallest absolute Gasteiger partial charge is 0.0358 e. The second kappa shape index (κ2) is 3.66. The number of aliphatic imine (C=N–C) groups is 1. The second-order valence-corrected chi connectivity index (χ2v) is 2.19. The summed E-state index contributed by atoms with van der Waals surface area (Å²) in [5, 5.41) is 0. The van der Waals surface area contributed by atoms with E-state index in [0.29, 0.717) is 0 Å². The van der Waals surface area contributed by atoms with Crippen LogP contribution >= 0.6 is 0 Å². The Bertz CT molecular complexity index is 277. The molecule has 11 heavy (non-hydrogen) atoms. The number of hydrogen-bond donors (Lipinski definition) is 0. The first-order valence-corrected chi connectivity index (χ1v) is 3.39. The number of hydrogen-bond acceptors (Lipinski definition) is 2. The van der Waals surface area contributed by atoms with Gasteiger partial charge in [0.2, 0.25) is 0 Å². The summed E-state index contributed by atoms with van der Waals surface area (Å²) in [7, 11) is 0. The molecule has 0 N–H and O–H groups in total. The van der Waals surface area contributed by atoms with Crippen LogP contribution in [-0.4, -0.2) is 11.2 Å². The fourth-order valence-corrected chi connectivity index (χ4v) is 0.744. The van der Waals surface area contributed by atoms with E-state index in [1.54, 1.807) is 18.6 Å². The Morgan fingerprint density at radius 3 is 3.09 bits per heavy atom. The average Bonchev–Trinajstić information content (AvgIpc) is 2.03. The van der Waals surface area contributed by atoms with Gasteiger partial charge in [-0.15, -0.1) is 0 Å². The molecule has 2 heteroatoms. The van der Waals surface area contributed by atoms with Crippen molar-refractivity contribution in [1.82, 2.24) is 4.98 Å². The first kappa shape index (κ1) is 7.66. The van der Waals surface area contributed by atoms with Gasteiger partial charge in [-0.05, 0) is 18.6 Å². The normalized spacial score (nSPS) is 10.3. The highest BCUT2D eigenvalue weighted by Gasteiger charge is 1.90. The molecule has 0 aromatic carbocycles. The molecule has 1 aromatic rings. The molecule has 0 spiro atoms. The monoisotopic (exact) mass is 146 g/mol. The van der Waals surface area contributed by atoms with Crippen LogP contribution in [0.4, 0.5) is 0 Å². The zero-order valence-corrected chi connectivity index (χ0v) is 6.49. The molecule has 1 aromatic heterocycles. The maximum atomic E-state index is 3.97. The molecule has 0 aliphatic rings. The van der Waals surface area contributed by atoms with Gasteiger partial charge in [0, 0.05) is 30.4 Å². The predicted molar refractivity (Wildman–Crippen MR) is 46.8 cm³/mol. The summed E-state index contributed by atoms with van der Waals surface area (Å²) in [5.41, 5.74) is 2.21. The van der Waals surface area contributed by atoms with Gasteiger partial charge < -0.3 is 0 Å². The van der Waals surface area contributed by atoms with Crippen LogP contribution in [0.2, 0.25) is 0 Å². The Labute approximate surface area is 66.3 Å². The van der Waals surface area contributed by atoms with Crippen molar-refractivity contribution in [2.75, 3.05) is 0 Å². The summed E-state index contributed by atoms with van der Waals surface area (Å²) in [6.07, 6.45) is 6.80. The van der Waals surface area contributed by atoms with Crippen molar-refractivity contribution in [2.45, 2.75) is 6.92 Å². The van der Waals surface area contributed by atoms with Crippen LogP contribution in [0.15, 0.2) is 36.2 Å². The largest absolute Gasteiger partial charge is 0.265 e. The highest BCUT2D eigenvalue weighted by Crippen LogP contribution is 2.00. The summed E-state index contributed by atoms with van der Waals surface area (Å²) in [6, 6.07) is 1.95. The number of pyridine rings is 1. The van der Waals surface area contributed by atoms with Gasteiger partial charge in [0.15, 0.2) is 0 Å². The SMILES string of the molecule is C=CN=Cc1cnccc1C. The van der Waals surface area contributed by atoms with Gasteiger partial charge in [0.1, 0.15) is 0 Å². The number of nitrogens with zero attached hydrogens (tertiary/aromatic N) is 2. The lowest BCUT2D eigenvalue weighted by Crippen LogP contribution is -1.86. The molecule has 0 fully saturated rings. The van der Waals surface area contributed by atoms with E-state index in [9.17, 15) is 0 Å². The Hall–Kier alpha value is -1.44. The van der Waals surface area contributed by atoms with E-state index >= 15 is 0 Å². The molecule has 0 bridgehead atoms. The highest BCUT2D eigenvalue weighted by atomic mass is 14.7. The van der Waals surface area contributed by atoms with Gasteiger partial charge in [-0.2, -0.15) is 0 Å². The van der Waals surface area contributed by atoms with Crippen LogP contribution < -0.4 is 0 Å². The summed E-state index contributed by atoms with van der Waals surface area (Å²) in [6.45, 7) is 5.51. The van der Waals surface area contributed by atoms with Gasteiger partial charge in [0.25, 0.3) is 0 Å². The molecule has 0 aliphatic carbocycles. The summed E-state index contributed by atoms with van der Waals surface area (Å²) in [4.78, 5) is 7.87. The zero-order valence-electron chi connectivity index (χ0n) is 6.49. The van der Waals surface area contributed by atoms with Crippen LogP contribution in [0.3, 0.4) is 0 Å². The van der Waals surface area contributed by atoms with Gasteiger partial charge >= 0.3 is 0 Å². The molecule has 0 aliphatic heterocycles. The number of aromatic nitrogens is 1. The van der Waals surface area contributed by atoms with Crippen molar-refractivity contribution in [3.8, 4) is 0 Å². The van der Waals surface area contributed by atoms with E-state index in [2.05, 4.69) is 16.6 Å². The molecule has 1 heterocycles. The van der Waals surface area contributed by atoms with E-state index < -0.39 is 0 Å². The van der Waals surface area contributed by atoms with Crippen molar-refractivity contribution in [3.05, 3.63) is 42.4 Å². The molecule has 0 saturated heterocycles. The van der Waals surface area contributed by atoms with Gasteiger partial charge in [-0.3, -0.25) is 9.98 Å². The van der Waals surface area contributed by atoms with Crippen LogP contribution in [0.5, 0.6) is 0 Å². The Balaban J connectivity index is 2.94. The fourth-order valence-electron chi connectivity index (χ4n) is 0.744. The molecule has 0 radical (unpaired) electrons. The lowest BCUT2D eigenvalue weighted by Gasteiger charge is -1.94. The molecule has 0 atom stereocenters. The predicted octanol–water partition coefficient (Wildman–Crippen LogP) is 1.95. The summed E-state index contributed by atoms with van der Waals surface area (Å²) >= 11 is 0. The second-order valence-electron chi connectivity index (χ2n) is 2.19. The average molecular weight is 146 g/mol. The van der Waals surface area contributed by atoms with Crippen molar-refractivity contribution in [2.24, 2.45) is 4.99 Å². The standard InChI is InChI=1S/C9H10N2/c1-3-10-6-9-7-11-5-4-8(9)2/h3-7H,1H2,2H3. The van der Waals surface area contributed by atoms with E-state index in [1.165, 1.54) is 11.8 Å². The third kappa shape index (κ3) is 2.00. The minimum absolute atomic E-state index is 1.03. The molecule has 0 amide bonds. The summed E-state index contributed by atoms with van der Waals surface area (Å²) in [5.74, 6) is 0. The van der Waals surface area contributed by atoms with Crippen LogP contribution in [0.1, 0.15) is 11.1 Å². The Kier molecular flexibility index (Phi) is 2.55. The van der Waals surface area contributed by atoms with Crippen LogP contribution in [-0.2, 0) is 0 Å². The van der Waals surface area contributed by atoms with Gasteiger partial charge in [-0.1, -0.05) is 6.58 Å². The molecule has 56 valence electrons. The van der Waals surface area contributed by atoms with Gasteiger partial charge in [-0.25, -0.2) is 0 Å². The van der Waals surface area contributed by atoms with Crippen molar-refractivity contribution >= 4 is 6.21 Å². The lowest BCUT2D eigenvalue weighted by atomic mass is 10.2. The summed E-state index contributed by atoms with van der Waals surface area (Å²) < 4.78 is 0. The third-order valence-electron chi connectivity index (χ3n) is 1.40. The molecular formula is C9H10N2. The Morgan fingerprint density at radius 2 is 2.45 bits per heavy atom. The zero-order chi connectivity index (χ0) is 8.10.